The fourth-order valence-electron chi connectivity index (χ4n) is 2.42. The molecule has 0 amide bonds. The third-order valence-corrected chi connectivity index (χ3v) is 3.64. The van der Waals surface area contributed by atoms with Gasteiger partial charge in [0.2, 0.25) is 0 Å². The summed E-state index contributed by atoms with van der Waals surface area (Å²) in [5.41, 5.74) is 0.920. The maximum atomic E-state index is 10.2. The van der Waals surface area contributed by atoms with Crippen LogP contribution in [0.3, 0.4) is 0 Å². The number of benzene rings is 1. The van der Waals surface area contributed by atoms with E-state index in [0.717, 1.165) is 24.9 Å². The summed E-state index contributed by atoms with van der Waals surface area (Å²) in [6, 6.07) is 7.95. The van der Waals surface area contributed by atoms with Crippen molar-refractivity contribution in [1.82, 2.24) is 5.32 Å². The maximum absolute atomic E-state index is 10.2. The van der Waals surface area contributed by atoms with E-state index in [0.29, 0.717) is 11.1 Å². The summed E-state index contributed by atoms with van der Waals surface area (Å²) in [5, 5.41) is 14.4. The predicted molar refractivity (Wildman–Crippen MR) is 71.3 cm³/mol. The monoisotopic (exact) mass is 253 g/mol. The predicted octanol–water partition coefficient (Wildman–Crippen LogP) is 3.30. The van der Waals surface area contributed by atoms with Gasteiger partial charge in [0, 0.05) is 11.1 Å². The Morgan fingerprint density at radius 1 is 1.35 bits per heavy atom. The summed E-state index contributed by atoms with van der Waals surface area (Å²) in [7, 11) is 0. The molecule has 1 aliphatic rings. The average Bonchev–Trinajstić information content (AvgIpc) is 2.57. The van der Waals surface area contributed by atoms with Gasteiger partial charge in [-0.3, -0.25) is 0 Å². The fraction of sp³-hybridized carbons (Fsp3) is 0.571. The average molecular weight is 254 g/mol. The van der Waals surface area contributed by atoms with Gasteiger partial charge in [-0.2, -0.15) is 0 Å². The van der Waals surface area contributed by atoms with Gasteiger partial charge in [-0.25, -0.2) is 0 Å². The minimum absolute atomic E-state index is 0.413. The van der Waals surface area contributed by atoms with E-state index in [1.165, 1.54) is 19.3 Å². The van der Waals surface area contributed by atoms with Gasteiger partial charge in [-0.15, -0.1) is 0 Å². The van der Waals surface area contributed by atoms with E-state index in [1.807, 2.05) is 24.3 Å². The Morgan fingerprint density at radius 3 is 3.06 bits per heavy atom. The van der Waals surface area contributed by atoms with Crippen LogP contribution in [0.1, 0.15) is 43.8 Å². The van der Waals surface area contributed by atoms with Gasteiger partial charge < -0.3 is 10.4 Å². The van der Waals surface area contributed by atoms with Crippen molar-refractivity contribution in [3.63, 3.8) is 0 Å². The molecule has 2 rings (SSSR count). The smallest absolute Gasteiger partial charge is 0.0805 e. The van der Waals surface area contributed by atoms with Gasteiger partial charge in [-0.1, -0.05) is 36.6 Å². The Morgan fingerprint density at radius 2 is 2.24 bits per heavy atom. The van der Waals surface area contributed by atoms with Gasteiger partial charge in [0.25, 0.3) is 0 Å². The molecule has 2 unspecified atom stereocenters. The molecular formula is C14H20ClNO. The Balaban J connectivity index is 1.93. The van der Waals surface area contributed by atoms with Gasteiger partial charge in [-0.05, 0) is 43.5 Å². The molecule has 2 N–H and O–H groups in total. The van der Waals surface area contributed by atoms with Crippen molar-refractivity contribution < 1.29 is 5.11 Å². The lowest BCUT2D eigenvalue weighted by Crippen LogP contribution is -2.29. The van der Waals surface area contributed by atoms with Crippen LogP contribution in [0.4, 0.5) is 0 Å². The lowest BCUT2D eigenvalue weighted by atomic mass is 9.99. The molecule has 3 heteroatoms. The van der Waals surface area contributed by atoms with Crippen molar-refractivity contribution in [2.45, 2.75) is 44.2 Å². The van der Waals surface area contributed by atoms with Crippen molar-refractivity contribution >= 4 is 11.6 Å². The Bertz CT molecular complexity index is 348. The SMILES string of the molecule is OC(CC1CCCCCN1)c1cccc(Cl)c1. The van der Waals surface area contributed by atoms with Gasteiger partial charge >= 0.3 is 0 Å². The fourth-order valence-corrected chi connectivity index (χ4v) is 2.62. The molecule has 0 spiro atoms. The second-order valence-electron chi connectivity index (χ2n) is 4.81. The maximum Gasteiger partial charge on any atom is 0.0805 e. The standard InChI is InChI=1S/C14H20ClNO/c15-12-6-4-5-11(9-12)14(17)10-13-7-2-1-3-8-16-13/h4-6,9,13-14,16-17H,1-3,7-8,10H2. The molecule has 1 fully saturated rings. The third-order valence-electron chi connectivity index (χ3n) is 3.40. The zero-order valence-corrected chi connectivity index (χ0v) is 10.8. The van der Waals surface area contributed by atoms with E-state index in [-0.39, 0.29) is 0 Å². The molecule has 0 saturated carbocycles. The van der Waals surface area contributed by atoms with Crippen LogP contribution >= 0.6 is 11.6 Å². The van der Waals surface area contributed by atoms with Gasteiger partial charge in [0.15, 0.2) is 0 Å². The summed E-state index contributed by atoms with van der Waals surface area (Å²) in [4.78, 5) is 0. The van der Waals surface area contributed by atoms with Crippen molar-refractivity contribution in [2.75, 3.05) is 6.54 Å². The van der Waals surface area contributed by atoms with E-state index in [1.54, 1.807) is 0 Å². The molecule has 1 aromatic carbocycles. The van der Waals surface area contributed by atoms with Crippen molar-refractivity contribution in [1.29, 1.82) is 0 Å². The first-order chi connectivity index (χ1) is 8.25. The number of hydrogen-bond acceptors (Lipinski definition) is 2. The summed E-state index contributed by atoms with van der Waals surface area (Å²) >= 11 is 5.93. The molecule has 0 bridgehead atoms. The molecule has 0 radical (unpaired) electrons. The van der Waals surface area contributed by atoms with E-state index < -0.39 is 6.10 Å². The summed E-state index contributed by atoms with van der Waals surface area (Å²) in [5.74, 6) is 0. The van der Waals surface area contributed by atoms with Gasteiger partial charge in [0.05, 0.1) is 6.10 Å². The minimum Gasteiger partial charge on any atom is -0.388 e. The van der Waals surface area contributed by atoms with Crippen LogP contribution in [0.2, 0.25) is 5.02 Å². The Kier molecular flexibility index (Phi) is 4.84. The van der Waals surface area contributed by atoms with Crippen LogP contribution in [0.25, 0.3) is 0 Å². The van der Waals surface area contributed by atoms with Crippen LogP contribution in [0.15, 0.2) is 24.3 Å². The molecule has 2 atom stereocenters. The number of nitrogens with one attached hydrogen (secondary N) is 1. The number of aliphatic hydroxyl groups excluding tert-OH is 1. The topological polar surface area (TPSA) is 32.3 Å². The Labute approximate surface area is 108 Å². The quantitative estimate of drug-likeness (QED) is 0.866. The zero-order chi connectivity index (χ0) is 12.1. The summed E-state index contributed by atoms with van der Waals surface area (Å²) in [6.45, 7) is 1.08. The minimum atomic E-state index is -0.413. The molecule has 1 aromatic rings. The first-order valence-corrected chi connectivity index (χ1v) is 6.80. The second-order valence-corrected chi connectivity index (χ2v) is 5.24. The van der Waals surface area contributed by atoms with Crippen LogP contribution < -0.4 is 5.32 Å². The number of aliphatic hydroxyl groups is 1. The van der Waals surface area contributed by atoms with E-state index >= 15 is 0 Å². The summed E-state index contributed by atoms with van der Waals surface area (Å²) < 4.78 is 0. The molecular weight excluding hydrogens is 234 g/mol. The van der Waals surface area contributed by atoms with Crippen LogP contribution in [-0.2, 0) is 0 Å². The molecule has 1 aliphatic heterocycles. The molecule has 0 aliphatic carbocycles. The molecule has 94 valence electrons. The number of rotatable bonds is 3. The van der Waals surface area contributed by atoms with E-state index in [2.05, 4.69) is 5.32 Å². The van der Waals surface area contributed by atoms with Crippen molar-refractivity contribution in [3.8, 4) is 0 Å². The van der Waals surface area contributed by atoms with Crippen LogP contribution in [0.5, 0.6) is 0 Å². The molecule has 0 aromatic heterocycles. The lowest BCUT2D eigenvalue weighted by molar-refractivity contribution is 0.150. The van der Waals surface area contributed by atoms with E-state index in [4.69, 9.17) is 11.6 Å². The second kappa shape index (κ2) is 6.39. The normalized spacial score (nSPS) is 23.1. The highest BCUT2D eigenvalue weighted by Gasteiger charge is 2.17. The highest BCUT2D eigenvalue weighted by atomic mass is 35.5. The van der Waals surface area contributed by atoms with Crippen LogP contribution in [0, 0.1) is 0 Å². The molecule has 17 heavy (non-hydrogen) atoms. The van der Waals surface area contributed by atoms with Gasteiger partial charge in [0.1, 0.15) is 0 Å². The van der Waals surface area contributed by atoms with Crippen molar-refractivity contribution in [2.24, 2.45) is 0 Å². The summed E-state index contributed by atoms with van der Waals surface area (Å²) in [6.07, 6.45) is 5.35. The molecule has 1 saturated heterocycles. The lowest BCUT2D eigenvalue weighted by Gasteiger charge is -2.20. The third kappa shape index (κ3) is 3.98. The number of hydrogen-bond donors (Lipinski definition) is 2. The van der Waals surface area contributed by atoms with Crippen molar-refractivity contribution in [3.05, 3.63) is 34.9 Å². The molecule has 2 nitrogen and oxygen atoms in total. The highest BCUT2D eigenvalue weighted by Crippen LogP contribution is 2.23. The molecule has 1 heterocycles. The van der Waals surface area contributed by atoms with E-state index in [9.17, 15) is 5.11 Å². The largest absolute Gasteiger partial charge is 0.388 e. The van der Waals surface area contributed by atoms with Crippen LogP contribution in [-0.4, -0.2) is 17.7 Å². The first kappa shape index (κ1) is 12.9. The Hall–Kier alpha value is -0.570. The first-order valence-electron chi connectivity index (χ1n) is 6.42. The highest BCUT2D eigenvalue weighted by molar-refractivity contribution is 6.30. The zero-order valence-electron chi connectivity index (χ0n) is 10.0. The number of halogens is 1.